The summed E-state index contributed by atoms with van der Waals surface area (Å²) in [6.07, 6.45) is 4.84. The molecular weight excluding hydrogens is 444 g/mol. The van der Waals surface area contributed by atoms with E-state index < -0.39 is 0 Å². The molecule has 0 radical (unpaired) electrons. The van der Waals surface area contributed by atoms with Crippen molar-refractivity contribution in [3.05, 3.63) is 55.1 Å². The monoisotopic (exact) mass is 470 g/mol. The Morgan fingerprint density at radius 3 is 2.91 bits per heavy atom. The van der Waals surface area contributed by atoms with Gasteiger partial charge in [0.15, 0.2) is 0 Å². The van der Waals surface area contributed by atoms with Gasteiger partial charge in [0.1, 0.15) is 18.2 Å². The maximum absolute atomic E-state index is 13.5. The molecule has 1 saturated carbocycles. The summed E-state index contributed by atoms with van der Waals surface area (Å²) in [4.78, 5) is 29.4. The van der Waals surface area contributed by atoms with Gasteiger partial charge in [-0.2, -0.15) is 0 Å². The lowest BCUT2D eigenvalue weighted by molar-refractivity contribution is 0.0716. The fraction of sp³-hybridized carbons (Fsp3) is 0.478. The van der Waals surface area contributed by atoms with Gasteiger partial charge in [-0.15, -0.1) is 22.7 Å². The number of rotatable bonds is 5. The van der Waals surface area contributed by atoms with Crippen LogP contribution in [0.4, 0.5) is 5.82 Å². The first-order valence-electron chi connectivity index (χ1n) is 10.9. The molecular formula is C23H26N4O3S2. The highest BCUT2D eigenvalue weighted by atomic mass is 32.1. The van der Waals surface area contributed by atoms with Gasteiger partial charge in [-0.05, 0) is 38.7 Å². The number of thiazole rings is 1. The third-order valence-corrected chi connectivity index (χ3v) is 8.42. The fourth-order valence-corrected chi connectivity index (χ4v) is 6.64. The van der Waals surface area contributed by atoms with Crippen LogP contribution in [0.1, 0.15) is 67.1 Å². The molecule has 2 aliphatic rings. The molecule has 1 aliphatic carbocycles. The van der Waals surface area contributed by atoms with Crippen LogP contribution in [0.2, 0.25) is 0 Å². The first-order valence-corrected chi connectivity index (χ1v) is 12.5. The summed E-state index contributed by atoms with van der Waals surface area (Å²) in [6.45, 7) is 6.72. The number of carbonyl (C=O) groups excluding carboxylic acids is 1. The van der Waals surface area contributed by atoms with E-state index in [1.165, 1.54) is 17.7 Å². The number of carbonyl (C=O) groups is 1. The molecule has 3 aromatic heterocycles. The second-order valence-corrected chi connectivity index (χ2v) is 11.1. The highest BCUT2D eigenvalue weighted by Crippen LogP contribution is 2.41. The maximum atomic E-state index is 13.5. The van der Waals surface area contributed by atoms with Crippen LogP contribution in [0.5, 0.6) is 0 Å². The van der Waals surface area contributed by atoms with Gasteiger partial charge in [0.2, 0.25) is 5.78 Å². The molecule has 3 aromatic rings. The molecule has 1 aliphatic heterocycles. The van der Waals surface area contributed by atoms with Crippen molar-refractivity contribution in [1.82, 2.24) is 15.0 Å². The summed E-state index contributed by atoms with van der Waals surface area (Å²) in [7, 11) is 0. The fourth-order valence-electron chi connectivity index (χ4n) is 4.60. The van der Waals surface area contributed by atoms with Crippen molar-refractivity contribution in [2.24, 2.45) is 5.92 Å². The number of thiophene rings is 1. The molecule has 0 aromatic carbocycles. The molecule has 168 valence electrons. The van der Waals surface area contributed by atoms with Crippen molar-refractivity contribution >= 4 is 34.3 Å². The predicted molar refractivity (Wildman–Crippen MR) is 125 cm³/mol. The minimum Gasteiger partial charge on any atom is -0.393 e. The average molecular weight is 471 g/mol. The van der Waals surface area contributed by atoms with E-state index in [2.05, 4.69) is 20.3 Å². The van der Waals surface area contributed by atoms with Crippen LogP contribution < -0.4 is 5.32 Å². The first-order chi connectivity index (χ1) is 15.4. The van der Waals surface area contributed by atoms with Crippen molar-refractivity contribution in [3.63, 3.8) is 0 Å². The van der Waals surface area contributed by atoms with Gasteiger partial charge in [0.05, 0.1) is 38.7 Å². The molecule has 2 N–H and O–H groups in total. The molecule has 9 heteroatoms. The third-order valence-electron chi connectivity index (χ3n) is 6.30. The molecule has 4 heterocycles. The third kappa shape index (κ3) is 3.98. The van der Waals surface area contributed by atoms with Crippen LogP contribution in [-0.2, 0) is 11.2 Å². The normalized spacial score (nSPS) is 25.0. The number of aliphatic hydroxyl groups excluding tert-OH is 1. The molecule has 1 fully saturated rings. The molecule has 5 rings (SSSR count). The number of ketones is 1. The number of aromatic nitrogens is 3. The van der Waals surface area contributed by atoms with E-state index in [1.807, 2.05) is 26.8 Å². The van der Waals surface area contributed by atoms with E-state index in [4.69, 9.17) is 4.74 Å². The number of ether oxygens (including phenoxy) is 1. The zero-order chi connectivity index (χ0) is 22.4. The highest BCUT2D eigenvalue weighted by Gasteiger charge is 2.32. The van der Waals surface area contributed by atoms with Gasteiger partial charge in [-0.3, -0.25) is 4.79 Å². The van der Waals surface area contributed by atoms with Crippen molar-refractivity contribution in [2.75, 3.05) is 11.9 Å². The van der Waals surface area contributed by atoms with E-state index in [1.54, 1.807) is 17.5 Å². The number of hydrogen-bond donors (Lipinski definition) is 2. The molecule has 0 saturated heterocycles. The van der Waals surface area contributed by atoms with E-state index >= 15 is 0 Å². The maximum Gasteiger partial charge on any atom is 0.208 e. The molecule has 0 bridgehead atoms. The Kier molecular flexibility index (Phi) is 5.83. The summed E-state index contributed by atoms with van der Waals surface area (Å²) in [5.74, 6) is 0.653. The summed E-state index contributed by atoms with van der Waals surface area (Å²) in [5, 5.41) is 14.5. The van der Waals surface area contributed by atoms with Gasteiger partial charge >= 0.3 is 0 Å². The average Bonchev–Trinajstić information content (AvgIpc) is 3.43. The number of nitrogens with zero attached hydrogens (tertiary/aromatic N) is 3. The second kappa shape index (κ2) is 8.62. The topological polar surface area (TPSA) is 97.2 Å². The Morgan fingerprint density at radius 2 is 2.12 bits per heavy atom. The van der Waals surface area contributed by atoms with Crippen LogP contribution in [0.15, 0.2) is 18.6 Å². The molecule has 0 amide bonds. The van der Waals surface area contributed by atoms with Crippen LogP contribution in [0.3, 0.4) is 0 Å². The predicted octanol–water partition coefficient (Wildman–Crippen LogP) is 4.08. The van der Waals surface area contributed by atoms with Gasteiger partial charge in [0, 0.05) is 29.1 Å². The lowest BCUT2D eigenvalue weighted by Crippen LogP contribution is -2.20. The Bertz CT molecular complexity index is 1150. The number of aryl methyl sites for hydroxylation is 2. The standard InChI is InChI=1S/C23H26N4O3S2/c1-11-6-14(7-18(11)28)27-23-16(9-24-10-25-23)20(29)19-8-15(12(2)31-19)21-22-17(4-5-30-21)26-13(3)32-22/h8-11,14,18,21,28H,4-7H2,1-3H3,(H,24,25,27)/t11-,14-,18-,21+/m1/s1. The van der Waals surface area contributed by atoms with E-state index in [0.29, 0.717) is 29.3 Å². The van der Waals surface area contributed by atoms with E-state index in [0.717, 1.165) is 38.9 Å². The smallest absolute Gasteiger partial charge is 0.208 e. The van der Waals surface area contributed by atoms with Crippen molar-refractivity contribution in [1.29, 1.82) is 0 Å². The second-order valence-electron chi connectivity index (χ2n) is 8.64. The SMILES string of the molecule is Cc1nc2c(s1)[C@H](c1cc(C(=O)c3cncnc3N[C@@H]3C[C@@H](C)[C@H](O)C3)sc1C)OCC2. The number of nitrogens with one attached hydrogen (secondary N) is 1. The lowest BCUT2D eigenvalue weighted by atomic mass is 10.0. The molecule has 7 nitrogen and oxygen atoms in total. The largest absolute Gasteiger partial charge is 0.393 e. The zero-order valence-corrected chi connectivity index (χ0v) is 19.9. The Labute approximate surface area is 194 Å². The first kappa shape index (κ1) is 21.6. The van der Waals surface area contributed by atoms with Crippen LogP contribution in [0, 0.1) is 19.8 Å². The van der Waals surface area contributed by atoms with E-state index in [-0.39, 0.29) is 30.0 Å². The summed E-state index contributed by atoms with van der Waals surface area (Å²) < 4.78 is 6.12. The minimum atomic E-state index is -0.327. The highest BCUT2D eigenvalue weighted by molar-refractivity contribution is 7.14. The molecule has 4 atom stereocenters. The summed E-state index contributed by atoms with van der Waals surface area (Å²) >= 11 is 3.15. The number of hydrogen-bond acceptors (Lipinski definition) is 9. The van der Waals surface area contributed by atoms with Gasteiger partial charge in [-0.25, -0.2) is 15.0 Å². The molecule has 32 heavy (non-hydrogen) atoms. The van der Waals surface area contributed by atoms with Gasteiger partial charge in [-0.1, -0.05) is 6.92 Å². The van der Waals surface area contributed by atoms with Crippen LogP contribution in [-0.4, -0.2) is 44.6 Å². The Balaban J connectivity index is 1.42. The van der Waals surface area contributed by atoms with E-state index in [9.17, 15) is 9.90 Å². The van der Waals surface area contributed by atoms with Crippen molar-refractivity contribution < 1.29 is 14.6 Å². The van der Waals surface area contributed by atoms with Gasteiger partial charge in [0.25, 0.3) is 0 Å². The minimum absolute atomic E-state index is 0.0886. The van der Waals surface area contributed by atoms with Crippen molar-refractivity contribution in [3.8, 4) is 0 Å². The van der Waals surface area contributed by atoms with Gasteiger partial charge < -0.3 is 15.2 Å². The quantitative estimate of drug-likeness (QED) is 0.542. The summed E-state index contributed by atoms with van der Waals surface area (Å²) in [5.41, 5.74) is 2.59. The number of anilines is 1. The Morgan fingerprint density at radius 1 is 1.28 bits per heavy atom. The molecule has 0 unspecified atom stereocenters. The van der Waals surface area contributed by atoms with Crippen LogP contribution >= 0.6 is 22.7 Å². The zero-order valence-electron chi connectivity index (χ0n) is 18.3. The van der Waals surface area contributed by atoms with Crippen molar-refractivity contribution in [2.45, 2.75) is 58.3 Å². The lowest BCUT2D eigenvalue weighted by Gasteiger charge is -2.22. The molecule has 0 spiro atoms. The number of fused-ring (bicyclic) bond motifs is 1. The number of aliphatic hydroxyl groups is 1. The Hall–Kier alpha value is -2.20. The summed E-state index contributed by atoms with van der Waals surface area (Å²) in [6, 6.07) is 2.04. The van der Waals surface area contributed by atoms with Crippen LogP contribution in [0.25, 0.3) is 0 Å².